The average Bonchev–Trinajstić information content (AvgIpc) is 2.24. The summed E-state index contributed by atoms with van der Waals surface area (Å²) in [6.45, 7) is 3.32. The molecule has 0 radical (unpaired) electrons. The third-order valence-electron chi connectivity index (χ3n) is 1.83. The Morgan fingerprint density at radius 1 is 1.24 bits per heavy atom. The first-order chi connectivity index (χ1) is 8.11. The van der Waals surface area contributed by atoms with Gasteiger partial charge in [-0.1, -0.05) is 0 Å². The molecular weight excluding hydrogens is 262 g/mol. The van der Waals surface area contributed by atoms with E-state index in [0.717, 1.165) is 6.42 Å². The number of nitrogens with zero attached hydrogens (tertiary/aromatic N) is 3. The van der Waals surface area contributed by atoms with Gasteiger partial charge in [-0.05, 0) is 24.9 Å². The third-order valence-corrected chi connectivity index (χ3v) is 2.87. The molecule has 96 valence electrons. The van der Waals surface area contributed by atoms with Crippen molar-refractivity contribution in [1.29, 1.82) is 0 Å². The molecule has 1 atom stereocenters. The number of hydrogen-bond donors (Lipinski definition) is 2. The number of rotatable bonds is 7. The van der Waals surface area contributed by atoms with Gasteiger partial charge in [-0.3, -0.25) is 4.21 Å². The van der Waals surface area contributed by atoms with Crippen LogP contribution in [0.1, 0.15) is 13.3 Å². The van der Waals surface area contributed by atoms with E-state index in [2.05, 4.69) is 25.6 Å². The Bertz CT molecular complexity index is 390. The SMILES string of the molecule is CCNc1nc(Cl)nc(NCCCS(C)=O)n1. The molecule has 0 saturated carbocycles. The highest BCUT2D eigenvalue weighted by atomic mass is 35.5. The van der Waals surface area contributed by atoms with E-state index < -0.39 is 10.8 Å². The zero-order valence-corrected chi connectivity index (χ0v) is 11.4. The van der Waals surface area contributed by atoms with Crippen molar-refractivity contribution in [2.45, 2.75) is 13.3 Å². The zero-order valence-electron chi connectivity index (χ0n) is 9.86. The monoisotopic (exact) mass is 277 g/mol. The molecule has 1 aromatic heterocycles. The second-order valence-electron chi connectivity index (χ2n) is 3.34. The predicted octanol–water partition coefficient (Wildman–Crippen LogP) is 1.14. The number of anilines is 2. The molecule has 17 heavy (non-hydrogen) atoms. The van der Waals surface area contributed by atoms with Crippen molar-refractivity contribution in [1.82, 2.24) is 15.0 Å². The van der Waals surface area contributed by atoms with Gasteiger partial charge in [0.05, 0.1) is 0 Å². The minimum absolute atomic E-state index is 0.150. The highest BCUT2D eigenvalue weighted by Gasteiger charge is 2.03. The molecule has 1 rings (SSSR count). The van der Waals surface area contributed by atoms with Crippen molar-refractivity contribution in [3.05, 3.63) is 5.28 Å². The van der Waals surface area contributed by atoms with Crippen LogP contribution in [0.25, 0.3) is 0 Å². The molecule has 0 spiro atoms. The normalized spacial score (nSPS) is 12.2. The zero-order chi connectivity index (χ0) is 12.7. The highest BCUT2D eigenvalue weighted by molar-refractivity contribution is 7.84. The van der Waals surface area contributed by atoms with Gasteiger partial charge in [0.15, 0.2) is 0 Å². The molecule has 0 amide bonds. The summed E-state index contributed by atoms with van der Waals surface area (Å²) in [5, 5.41) is 6.13. The van der Waals surface area contributed by atoms with Crippen molar-refractivity contribution in [3.63, 3.8) is 0 Å². The Balaban J connectivity index is 2.49. The molecule has 0 fully saturated rings. The van der Waals surface area contributed by atoms with E-state index in [1.165, 1.54) is 0 Å². The van der Waals surface area contributed by atoms with Crippen LogP contribution in [0.5, 0.6) is 0 Å². The molecule has 0 bridgehead atoms. The number of aromatic nitrogens is 3. The topological polar surface area (TPSA) is 79.8 Å². The smallest absolute Gasteiger partial charge is 0.228 e. The van der Waals surface area contributed by atoms with E-state index in [9.17, 15) is 4.21 Å². The summed E-state index contributed by atoms with van der Waals surface area (Å²) in [5.41, 5.74) is 0. The number of hydrogen-bond acceptors (Lipinski definition) is 6. The lowest BCUT2D eigenvalue weighted by atomic mass is 10.5. The van der Waals surface area contributed by atoms with Gasteiger partial charge < -0.3 is 10.6 Å². The predicted molar refractivity (Wildman–Crippen MR) is 71.0 cm³/mol. The van der Waals surface area contributed by atoms with Gasteiger partial charge in [0.1, 0.15) is 0 Å². The lowest BCUT2D eigenvalue weighted by Gasteiger charge is -2.06. The average molecular weight is 278 g/mol. The maximum atomic E-state index is 10.9. The van der Waals surface area contributed by atoms with Crippen LogP contribution < -0.4 is 10.6 Å². The molecule has 2 N–H and O–H groups in total. The van der Waals surface area contributed by atoms with Crippen LogP contribution in [0, 0.1) is 0 Å². The Hall–Kier alpha value is -0.950. The fourth-order valence-electron chi connectivity index (χ4n) is 1.14. The summed E-state index contributed by atoms with van der Waals surface area (Å²) >= 11 is 5.76. The maximum Gasteiger partial charge on any atom is 0.228 e. The first kappa shape index (κ1) is 14.1. The van der Waals surface area contributed by atoms with Gasteiger partial charge in [0, 0.05) is 35.9 Å². The van der Waals surface area contributed by atoms with Gasteiger partial charge in [-0.2, -0.15) is 15.0 Å². The van der Waals surface area contributed by atoms with Gasteiger partial charge in [0.2, 0.25) is 17.2 Å². The van der Waals surface area contributed by atoms with Crippen LogP contribution >= 0.6 is 11.6 Å². The van der Waals surface area contributed by atoms with E-state index in [4.69, 9.17) is 11.6 Å². The molecule has 1 unspecified atom stereocenters. The fourth-order valence-corrected chi connectivity index (χ4v) is 1.85. The lowest BCUT2D eigenvalue weighted by molar-refractivity contribution is 0.685. The summed E-state index contributed by atoms with van der Waals surface area (Å²) in [6.07, 6.45) is 2.48. The molecule has 1 heterocycles. The molecule has 0 aliphatic rings. The maximum absolute atomic E-state index is 10.9. The quantitative estimate of drug-likeness (QED) is 0.728. The van der Waals surface area contributed by atoms with Crippen LogP contribution in [0.3, 0.4) is 0 Å². The van der Waals surface area contributed by atoms with Gasteiger partial charge in [-0.15, -0.1) is 0 Å². The minimum atomic E-state index is -0.767. The molecular formula is C9H16ClN5OS. The van der Waals surface area contributed by atoms with Gasteiger partial charge in [-0.25, -0.2) is 0 Å². The molecule has 6 nitrogen and oxygen atoms in total. The molecule has 8 heteroatoms. The minimum Gasteiger partial charge on any atom is -0.354 e. The van der Waals surface area contributed by atoms with E-state index in [0.29, 0.717) is 30.7 Å². The van der Waals surface area contributed by atoms with Crippen LogP contribution in [-0.2, 0) is 10.8 Å². The van der Waals surface area contributed by atoms with Crippen molar-refractivity contribution in [2.24, 2.45) is 0 Å². The second kappa shape index (κ2) is 7.39. The van der Waals surface area contributed by atoms with Crippen LogP contribution in [0.2, 0.25) is 5.28 Å². The Kier molecular flexibility index (Phi) is 6.13. The van der Waals surface area contributed by atoms with Crippen molar-refractivity contribution >= 4 is 34.3 Å². The summed E-state index contributed by atoms with van der Waals surface area (Å²) in [6, 6.07) is 0. The Morgan fingerprint density at radius 2 is 1.88 bits per heavy atom. The number of nitrogens with one attached hydrogen (secondary N) is 2. The molecule has 0 saturated heterocycles. The van der Waals surface area contributed by atoms with E-state index in [1.807, 2.05) is 6.92 Å². The summed E-state index contributed by atoms with van der Waals surface area (Å²) in [5.74, 6) is 1.54. The second-order valence-corrected chi connectivity index (χ2v) is 5.23. The molecule has 0 aliphatic carbocycles. The first-order valence-corrected chi connectivity index (χ1v) is 7.41. The van der Waals surface area contributed by atoms with Gasteiger partial charge in [0.25, 0.3) is 0 Å². The molecule has 0 aromatic carbocycles. The third kappa shape index (κ3) is 5.78. The largest absolute Gasteiger partial charge is 0.354 e. The van der Waals surface area contributed by atoms with Crippen LogP contribution in [0.15, 0.2) is 0 Å². The fraction of sp³-hybridized carbons (Fsp3) is 0.667. The summed E-state index contributed by atoms with van der Waals surface area (Å²) in [7, 11) is -0.767. The van der Waals surface area contributed by atoms with Crippen molar-refractivity contribution in [2.75, 3.05) is 35.7 Å². The summed E-state index contributed by atoms with van der Waals surface area (Å²) < 4.78 is 10.9. The Labute approximate surface area is 108 Å². The first-order valence-electron chi connectivity index (χ1n) is 5.31. The number of halogens is 1. The summed E-state index contributed by atoms with van der Waals surface area (Å²) in [4.78, 5) is 12.0. The Morgan fingerprint density at radius 3 is 2.47 bits per heavy atom. The van der Waals surface area contributed by atoms with E-state index >= 15 is 0 Å². The van der Waals surface area contributed by atoms with Crippen LogP contribution in [-0.4, -0.2) is 44.3 Å². The van der Waals surface area contributed by atoms with Crippen molar-refractivity contribution < 1.29 is 4.21 Å². The highest BCUT2D eigenvalue weighted by Crippen LogP contribution is 2.09. The van der Waals surface area contributed by atoms with E-state index in [1.54, 1.807) is 6.26 Å². The van der Waals surface area contributed by atoms with Crippen LogP contribution in [0.4, 0.5) is 11.9 Å². The lowest BCUT2D eigenvalue weighted by Crippen LogP contribution is -2.11. The van der Waals surface area contributed by atoms with Gasteiger partial charge >= 0.3 is 0 Å². The van der Waals surface area contributed by atoms with E-state index in [-0.39, 0.29) is 5.28 Å². The standard InChI is InChI=1S/C9H16ClN5OS/c1-3-11-8-13-7(10)14-9(15-8)12-5-4-6-17(2)16/h3-6H2,1-2H3,(H2,11,12,13,14,15). The van der Waals surface area contributed by atoms with Crippen molar-refractivity contribution in [3.8, 4) is 0 Å². The molecule has 0 aliphatic heterocycles. The molecule has 1 aromatic rings.